The third kappa shape index (κ3) is 4.75. The molecule has 0 unspecified atom stereocenters. The van der Waals surface area contributed by atoms with Crippen molar-refractivity contribution in [2.24, 2.45) is 5.16 Å². The number of oxime groups is 1. The third-order valence-electron chi connectivity index (χ3n) is 4.06. The fraction of sp³-hybridized carbons (Fsp3) is 0.100. The Morgan fingerprint density at radius 1 is 1.10 bits per heavy atom. The standard InChI is InChI=1S/C20H13F3N2O3S2/c1-13-4-2-3-5-16(13)17(12-24)18-10-11-19(29-18)25-28-30(26,27)15-8-6-14(7-9-15)20(21,22)23/h2-11H,1H3/b18-17+,25-19-. The van der Waals surface area contributed by atoms with Crippen LogP contribution >= 0.6 is 11.8 Å². The summed E-state index contributed by atoms with van der Waals surface area (Å²) in [5, 5.41) is 13.3. The van der Waals surface area contributed by atoms with E-state index in [2.05, 4.69) is 15.5 Å². The lowest BCUT2D eigenvalue weighted by molar-refractivity contribution is -0.137. The van der Waals surface area contributed by atoms with Crippen LogP contribution in [0.5, 0.6) is 0 Å². The van der Waals surface area contributed by atoms with Crippen molar-refractivity contribution < 1.29 is 25.9 Å². The van der Waals surface area contributed by atoms with Crippen molar-refractivity contribution in [2.75, 3.05) is 0 Å². The highest BCUT2D eigenvalue weighted by Crippen LogP contribution is 2.35. The fourth-order valence-corrected chi connectivity index (χ4v) is 4.16. The van der Waals surface area contributed by atoms with Gasteiger partial charge in [0, 0.05) is 4.91 Å². The van der Waals surface area contributed by atoms with Crippen molar-refractivity contribution in [3.05, 3.63) is 82.3 Å². The van der Waals surface area contributed by atoms with E-state index in [1.165, 1.54) is 6.08 Å². The van der Waals surface area contributed by atoms with Gasteiger partial charge in [0.15, 0.2) is 0 Å². The maximum absolute atomic E-state index is 12.6. The maximum atomic E-state index is 12.6. The summed E-state index contributed by atoms with van der Waals surface area (Å²) in [7, 11) is -4.40. The van der Waals surface area contributed by atoms with Crippen LogP contribution in [0, 0.1) is 18.3 Å². The number of alkyl halides is 3. The van der Waals surface area contributed by atoms with Gasteiger partial charge in [-0.15, -0.1) is 0 Å². The lowest BCUT2D eigenvalue weighted by Crippen LogP contribution is -2.07. The maximum Gasteiger partial charge on any atom is 0.416 e. The summed E-state index contributed by atoms with van der Waals surface area (Å²) in [4.78, 5) is 0.112. The van der Waals surface area contributed by atoms with E-state index in [4.69, 9.17) is 0 Å². The summed E-state index contributed by atoms with van der Waals surface area (Å²) in [6.07, 6.45) is -1.48. The van der Waals surface area contributed by atoms with E-state index in [0.29, 0.717) is 22.6 Å². The number of halogens is 3. The molecule has 0 N–H and O–H groups in total. The van der Waals surface area contributed by atoms with Gasteiger partial charge in [-0.25, -0.2) is 0 Å². The summed E-state index contributed by atoms with van der Waals surface area (Å²) < 4.78 is 66.8. The molecule has 2 aromatic rings. The van der Waals surface area contributed by atoms with Crippen LogP contribution in [0.1, 0.15) is 16.7 Å². The topological polar surface area (TPSA) is 79.5 Å². The Labute approximate surface area is 175 Å². The lowest BCUT2D eigenvalue weighted by atomic mass is 10.0. The number of nitriles is 1. The lowest BCUT2D eigenvalue weighted by Gasteiger charge is -2.07. The number of nitrogens with zero attached hydrogens (tertiary/aromatic N) is 2. The summed E-state index contributed by atoms with van der Waals surface area (Å²) in [6.45, 7) is 1.87. The first-order chi connectivity index (χ1) is 14.1. The van der Waals surface area contributed by atoms with E-state index in [1.807, 2.05) is 19.1 Å². The normalized spacial score (nSPS) is 17.1. The fourth-order valence-electron chi connectivity index (χ4n) is 2.55. The molecule has 3 rings (SSSR count). The zero-order valence-electron chi connectivity index (χ0n) is 15.3. The van der Waals surface area contributed by atoms with Crippen LogP contribution in [0.3, 0.4) is 0 Å². The second kappa shape index (κ2) is 8.38. The number of rotatable bonds is 4. The van der Waals surface area contributed by atoms with Crippen LogP contribution < -0.4 is 0 Å². The Morgan fingerprint density at radius 3 is 2.37 bits per heavy atom. The molecule has 1 aliphatic heterocycles. The minimum atomic E-state index is -4.58. The van der Waals surface area contributed by atoms with Crippen LogP contribution in [0.4, 0.5) is 13.2 Å². The van der Waals surface area contributed by atoms with Crippen LogP contribution in [0.25, 0.3) is 5.57 Å². The smallest absolute Gasteiger partial charge is 0.264 e. The van der Waals surface area contributed by atoms with Crippen molar-refractivity contribution >= 4 is 32.5 Å². The highest BCUT2D eigenvalue weighted by Gasteiger charge is 2.31. The minimum absolute atomic E-state index is 0.182. The van der Waals surface area contributed by atoms with Gasteiger partial charge in [0.25, 0.3) is 0 Å². The van der Waals surface area contributed by atoms with E-state index in [1.54, 1.807) is 18.2 Å². The highest BCUT2D eigenvalue weighted by atomic mass is 32.2. The molecule has 0 amide bonds. The molecule has 0 saturated heterocycles. The number of thioether (sulfide) groups is 1. The van der Waals surface area contributed by atoms with E-state index in [-0.39, 0.29) is 5.04 Å². The number of aryl methyl sites for hydroxylation is 1. The van der Waals surface area contributed by atoms with Gasteiger partial charge >= 0.3 is 16.3 Å². The van der Waals surface area contributed by atoms with Crippen LogP contribution in [-0.4, -0.2) is 13.5 Å². The molecule has 0 aliphatic carbocycles. The Hall–Kier alpha value is -3.03. The SMILES string of the molecule is Cc1ccccc1/C(C#N)=C1C=C/C(=N/OS(=O)(=O)c2ccc(C(F)(F)F)cc2)S\1. The van der Waals surface area contributed by atoms with Gasteiger partial charge in [0.1, 0.15) is 16.0 Å². The second-order valence-electron chi connectivity index (χ2n) is 6.08. The van der Waals surface area contributed by atoms with Crippen molar-refractivity contribution in [3.8, 4) is 6.07 Å². The molecule has 5 nitrogen and oxygen atoms in total. The number of hydrogen-bond donors (Lipinski definition) is 0. The average Bonchev–Trinajstić information content (AvgIpc) is 3.17. The summed E-state index contributed by atoms with van der Waals surface area (Å²) in [5.74, 6) is 0. The Morgan fingerprint density at radius 2 is 1.77 bits per heavy atom. The van der Waals surface area contributed by atoms with Crippen LogP contribution in [0.2, 0.25) is 0 Å². The molecule has 0 aromatic heterocycles. The largest absolute Gasteiger partial charge is 0.416 e. The Balaban J connectivity index is 1.79. The second-order valence-corrected chi connectivity index (χ2v) is 8.67. The molecule has 154 valence electrons. The molecule has 2 aromatic carbocycles. The molecular formula is C20H13F3N2O3S2. The van der Waals surface area contributed by atoms with Crippen LogP contribution in [-0.2, 0) is 20.6 Å². The third-order valence-corrected chi connectivity index (χ3v) is 6.16. The predicted octanol–water partition coefficient (Wildman–Crippen LogP) is 5.27. The Kier molecular flexibility index (Phi) is 6.05. The predicted molar refractivity (Wildman–Crippen MR) is 108 cm³/mol. The quantitative estimate of drug-likeness (QED) is 0.468. The monoisotopic (exact) mass is 450 g/mol. The average molecular weight is 450 g/mol. The molecule has 0 radical (unpaired) electrons. The van der Waals surface area contributed by atoms with Gasteiger partial charge in [-0.3, -0.25) is 4.28 Å². The highest BCUT2D eigenvalue weighted by molar-refractivity contribution is 8.18. The first-order valence-electron chi connectivity index (χ1n) is 8.37. The van der Waals surface area contributed by atoms with Crippen molar-refractivity contribution in [2.45, 2.75) is 18.0 Å². The summed E-state index contributed by atoms with van der Waals surface area (Å²) in [5.41, 5.74) is 1.08. The number of hydrogen-bond acceptors (Lipinski definition) is 6. The first-order valence-corrected chi connectivity index (χ1v) is 10.6. The Bertz CT molecular complexity index is 1210. The molecule has 0 bridgehead atoms. The number of allylic oxidation sites excluding steroid dienone is 2. The molecule has 1 heterocycles. The van der Waals surface area contributed by atoms with E-state index < -0.39 is 26.8 Å². The molecular weight excluding hydrogens is 437 g/mol. The van der Waals surface area contributed by atoms with Gasteiger partial charge in [-0.2, -0.15) is 26.9 Å². The number of benzene rings is 2. The van der Waals surface area contributed by atoms with Crippen molar-refractivity contribution in [1.82, 2.24) is 0 Å². The molecule has 0 atom stereocenters. The zero-order chi connectivity index (χ0) is 21.9. The van der Waals surface area contributed by atoms with Crippen molar-refractivity contribution in [1.29, 1.82) is 5.26 Å². The molecule has 1 aliphatic rings. The van der Waals surface area contributed by atoms with E-state index >= 15 is 0 Å². The molecule has 30 heavy (non-hydrogen) atoms. The molecule has 0 saturated carbocycles. The van der Waals surface area contributed by atoms with Gasteiger partial charge < -0.3 is 0 Å². The summed E-state index contributed by atoms with van der Waals surface area (Å²) >= 11 is 1.05. The molecule has 10 heteroatoms. The zero-order valence-corrected chi connectivity index (χ0v) is 17.0. The first kappa shape index (κ1) is 21.7. The minimum Gasteiger partial charge on any atom is -0.264 e. The summed E-state index contributed by atoms with van der Waals surface area (Å²) in [6, 6.07) is 12.4. The van der Waals surface area contributed by atoms with Gasteiger partial charge in [0.05, 0.1) is 11.1 Å². The van der Waals surface area contributed by atoms with E-state index in [9.17, 15) is 26.9 Å². The van der Waals surface area contributed by atoms with E-state index in [0.717, 1.165) is 35.0 Å². The van der Waals surface area contributed by atoms with Crippen LogP contribution in [0.15, 0.2) is 75.6 Å². The van der Waals surface area contributed by atoms with Gasteiger partial charge in [0.2, 0.25) is 0 Å². The van der Waals surface area contributed by atoms with Gasteiger partial charge in [-0.05, 0) is 54.5 Å². The van der Waals surface area contributed by atoms with Crippen molar-refractivity contribution in [3.63, 3.8) is 0 Å². The molecule has 0 spiro atoms. The van der Waals surface area contributed by atoms with Gasteiger partial charge in [-0.1, -0.05) is 41.2 Å². The molecule has 0 fully saturated rings.